The van der Waals surface area contributed by atoms with Gasteiger partial charge < -0.3 is 19.7 Å². The molecule has 0 unspecified atom stereocenters. The van der Waals surface area contributed by atoms with E-state index in [-0.39, 0.29) is 13.0 Å². The molecule has 0 spiro atoms. The average Bonchev–Trinajstić information content (AvgIpc) is 2.74. The van der Waals surface area contributed by atoms with Crippen molar-refractivity contribution in [3.8, 4) is 17.6 Å². The summed E-state index contributed by atoms with van der Waals surface area (Å²) < 4.78 is 10.6. The van der Waals surface area contributed by atoms with Gasteiger partial charge >= 0.3 is 11.9 Å². The number of ether oxygens (including phenoxy) is 2. The molecule has 30 heavy (non-hydrogen) atoms. The summed E-state index contributed by atoms with van der Waals surface area (Å²) in [4.78, 5) is 22.0. The van der Waals surface area contributed by atoms with Crippen LogP contribution in [0.3, 0.4) is 0 Å². The number of carboxylic acids is 1. The van der Waals surface area contributed by atoms with Crippen molar-refractivity contribution in [1.29, 1.82) is 0 Å². The fraction of sp³-hybridized carbons (Fsp3) is 0.500. The molecule has 0 aliphatic rings. The van der Waals surface area contributed by atoms with Crippen LogP contribution in [0, 0.1) is 11.8 Å². The molecule has 2 N–H and O–H groups in total. The Hall–Kier alpha value is -2.78. The summed E-state index contributed by atoms with van der Waals surface area (Å²) in [6, 6.07) is 5.60. The molecule has 0 radical (unpaired) electrons. The van der Waals surface area contributed by atoms with Crippen molar-refractivity contribution in [3.63, 3.8) is 0 Å². The number of carbonyl (C=O) groups is 2. The molecule has 1 rings (SSSR count). The minimum absolute atomic E-state index is 0.164. The molecule has 0 heterocycles. The maximum atomic E-state index is 11.5. The molecule has 0 saturated heterocycles. The second kappa shape index (κ2) is 16.1. The Labute approximate surface area is 178 Å². The van der Waals surface area contributed by atoms with E-state index in [0.29, 0.717) is 25.2 Å². The summed E-state index contributed by atoms with van der Waals surface area (Å²) in [5.74, 6) is 5.68. The lowest BCUT2D eigenvalue weighted by Crippen LogP contribution is -2.01. The van der Waals surface area contributed by atoms with Gasteiger partial charge in [-0.1, -0.05) is 37.2 Å². The molecule has 6 heteroatoms. The highest BCUT2D eigenvalue weighted by atomic mass is 16.5. The Balaban J connectivity index is 2.69. The van der Waals surface area contributed by atoms with Crippen molar-refractivity contribution < 1.29 is 29.3 Å². The Morgan fingerprint density at radius 3 is 2.57 bits per heavy atom. The molecule has 0 aliphatic heterocycles. The molecular formula is C24H32O6. The van der Waals surface area contributed by atoms with Crippen LogP contribution in [-0.2, 0) is 14.3 Å². The third kappa shape index (κ3) is 11.3. The van der Waals surface area contributed by atoms with Crippen molar-refractivity contribution in [1.82, 2.24) is 0 Å². The van der Waals surface area contributed by atoms with E-state index in [1.165, 1.54) is 13.2 Å². The van der Waals surface area contributed by atoms with Crippen LogP contribution in [0.2, 0.25) is 0 Å². The van der Waals surface area contributed by atoms with Gasteiger partial charge in [0.15, 0.2) is 0 Å². The van der Waals surface area contributed by atoms with E-state index in [2.05, 4.69) is 16.6 Å². The zero-order valence-corrected chi connectivity index (χ0v) is 17.7. The highest BCUT2D eigenvalue weighted by Gasteiger charge is 2.07. The number of hydrogen-bond acceptors (Lipinski definition) is 5. The van der Waals surface area contributed by atoms with Crippen LogP contribution in [0.5, 0.6) is 5.75 Å². The van der Waals surface area contributed by atoms with Crippen molar-refractivity contribution in [2.75, 3.05) is 20.3 Å². The maximum Gasteiger partial charge on any atom is 0.330 e. The predicted octanol–water partition coefficient (Wildman–Crippen LogP) is 4.19. The molecule has 1 aromatic rings. The van der Waals surface area contributed by atoms with Gasteiger partial charge in [0.05, 0.1) is 13.7 Å². The molecule has 0 aromatic heterocycles. The number of esters is 1. The Morgan fingerprint density at radius 1 is 1.07 bits per heavy atom. The number of carboxylic acid groups (broad SMARTS) is 1. The number of benzene rings is 1. The summed E-state index contributed by atoms with van der Waals surface area (Å²) in [5, 5.41) is 17.5. The lowest BCUT2D eigenvalue weighted by atomic mass is 10.1. The largest absolute Gasteiger partial charge is 0.493 e. The van der Waals surface area contributed by atoms with Crippen LogP contribution in [0.15, 0.2) is 24.3 Å². The van der Waals surface area contributed by atoms with Gasteiger partial charge in [0, 0.05) is 36.7 Å². The van der Waals surface area contributed by atoms with Crippen molar-refractivity contribution in [3.05, 3.63) is 35.4 Å². The van der Waals surface area contributed by atoms with Crippen molar-refractivity contribution >= 4 is 18.0 Å². The van der Waals surface area contributed by atoms with Gasteiger partial charge in [-0.25, -0.2) is 4.79 Å². The first-order valence-electron chi connectivity index (χ1n) is 10.4. The zero-order valence-electron chi connectivity index (χ0n) is 17.7. The summed E-state index contributed by atoms with van der Waals surface area (Å²) >= 11 is 0. The summed E-state index contributed by atoms with van der Waals surface area (Å²) in [5.41, 5.74) is 1.50. The molecule has 6 nitrogen and oxygen atoms in total. The number of carbonyl (C=O) groups excluding carboxylic acids is 1. The van der Waals surface area contributed by atoms with Crippen LogP contribution in [0.4, 0.5) is 0 Å². The molecule has 0 fully saturated rings. The van der Waals surface area contributed by atoms with Gasteiger partial charge in [-0.3, -0.25) is 4.79 Å². The lowest BCUT2D eigenvalue weighted by molar-refractivity contribution is -0.137. The molecule has 164 valence electrons. The van der Waals surface area contributed by atoms with Crippen LogP contribution >= 0.6 is 0 Å². The fourth-order valence-corrected chi connectivity index (χ4v) is 2.74. The molecular weight excluding hydrogens is 384 g/mol. The first kappa shape index (κ1) is 25.3. The highest BCUT2D eigenvalue weighted by molar-refractivity contribution is 5.88. The Bertz CT molecular complexity index is 742. The second-order valence-electron chi connectivity index (χ2n) is 6.82. The first-order valence-corrected chi connectivity index (χ1v) is 10.4. The van der Waals surface area contributed by atoms with Gasteiger partial charge in [0.1, 0.15) is 5.75 Å². The van der Waals surface area contributed by atoms with Gasteiger partial charge in [-0.15, -0.1) is 0 Å². The number of aliphatic hydroxyl groups excluding tert-OH is 1. The SMILES string of the molecule is COC(=O)/C=C/c1c(C#CCCCCO)cccc1OCCCCCCCC(=O)O. The number of unbranched alkanes of at least 4 members (excludes halogenated alkanes) is 6. The number of aliphatic carboxylic acids is 1. The number of methoxy groups -OCH3 is 1. The van der Waals surface area contributed by atoms with Gasteiger partial charge in [-0.05, 0) is 43.9 Å². The smallest absolute Gasteiger partial charge is 0.330 e. The average molecular weight is 417 g/mol. The van der Waals surface area contributed by atoms with E-state index in [1.807, 2.05) is 18.2 Å². The van der Waals surface area contributed by atoms with Gasteiger partial charge in [0.2, 0.25) is 0 Å². The summed E-state index contributed by atoms with van der Waals surface area (Å²) in [6.45, 7) is 0.697. The molecule has 0 bridgehead atoms. The van der Waals surface area contributed by atoms with E-state index in [1.54, 1.807) is 6.08 Å². The third-order valence-electron chi connectivity index (χ3n) is 4.38. The fourth-order valence-electron chi connectivity index (χ4n) is 2.74. The van der Waals surface area contributed by atoms with Gasteiger partial charge in [0.25, 0.3) is 0 Å². The number of rotatable bonds is 14. The number of hydrogen-bond donors (Lipinski definition) is 2. The lowest BCUT2D eigenvalue weighted by Gasteiger charge is -2.11. The van der Waals surface area contributed by atoms with E-state index < -0.39 is 11.9 Å². The maximum absolute atomic E-state index is 11.5. The molecule has 0 atom stereocenters. The van der Waals surface area contributed by atoms with E-state index in [9.17, 15) is 9.59 Å². The standard InChI is InChI=1S/C24H32O6/c1-29-24(28)17-16-21-20(12-7-4-5-9-18-25)13-11-14-22(21)30-19-10-6-2-3-8-15-23(26)27/h11,13-14,16-17,25H,2-6,8-10,15,18-19H2,1H3,(H,26,27)/b17-16+. The third-order valence-corrected chi connectivity index (χ3v) is 4.38. The zero-order chi connectivity index (χ0) is 22.0. The van der Waals surface area contributed by atoms with Crippen molar-refractivity contribution in [2.45, 2.75) is 57.8 Å². The molecule has 1 aromatic carbocycles. The van der Waals surface area contributed by atoms with Crippen LogP contribution < -0.4 is 4.74 Å². The Kier molecular flexibility index (Phi) is 13.5. The quantitative estimate of drug-likeness (QED) is 0.204. The Morgan fingerprint density at radius 2 is 1.83 bits per heavy atom. The minimum atomic E-state index is -0.748. The van der Waals surface area contributed by atoms with Crippen LogP contribution in [0.25, 0.3) is 6.08 Å². The summed E-state index contributed by atoms with van der Waals surface area (Å²) in [6.07, 6.45) is 9.90. The van der Waals surface area contributed by atoms with Crippen LogP contribution in [0.1, 0.15) is 68.9 Å². The minimum Gasteiger partial charge on any atom is -0.493 e. The number of aliphatic hydroxyl groups is 1. The van der Waals surface area contributed by atoms with E-state index >= 15 is 0 Å². The van der Waals surface area contributed by atoms with E-state index in [4.69, 9.17) is 14.9 Å². The van der Waals surface area contributed by atoms with Crippen molar-refractivity contribution in [2.24, 2.45) is 0 Å². The topological polar surface area (TPSA) is 93.1 Å². The normalized spacial score (nSPS) is 10.5. The summed E-state index contributed by atoms with van der Waals surface area (Å²) in [7, 11) is 1.33. The predicted molar refractivity (Wildman–Crippen MR) is 116 cm³/mol. The highest BCUT2D eigenvalue weighted by Crippen LogP contribution is 2.24. The first-order chi connectivity index (χ1) is 14.6. The van der Waals surface area contributed by atoms with Gasteiger partial charge in [-0.2, -0.15) is 0 Å². The van der Waals surface area contributed by atoms with E-state index in [0.717, 1.165) is 49.7 Å². The van der Waals surface area contributed by atoms with Crippen LogP contribution in [-0.4, -0.2) is 42.5 Å². The molecule has 0 aliphatic carbocycles. The monoisotopic (exact) mass is 416 g/mol. The molecule has 0 amide bonds. The second-order valence-corrected chi connectivity index (χ2v) is 6.82. The molecule has 0 saturated carbocycles.